The number of nitrogens with one attached hydrogen (secondary N) is 1. The van der Waals surface area contributed by atoms with Crippen molar-refractivity contribution in [3.05, 3.63) is 64.2 Å². The van der Waals surface area contributed by atoms with Gasteiger partial charge in [-0.05, 0) is 17.7 Å². The Balaban J connectivity index is 1.68. The molecule has 7 nitrogen and oxygen atoms in total. The molecule has 3 rings (SSSR count). The number of nitro benzene ring substituents is 1. The topological polar surface area (TPSA) is 105 Å². The third-order valence-corrected chi connectivity index (χ3v) is 4.06. The first-order valence-corrected chi connectivity index (χ1v) is 7.69. The van der Waals surface area contributed by atoms with Crippen LogP contribution in [0.25, 0.3) is 11.4 Å². The Hall–Kier alpha value is -2.87. The predicted octanol–water partition coefficient (Wildman–Crippen LogP) is 3.38. The summed E-state index contributed by atoms with van der Waals surface area (Å²) in [6.07, 6.45) is 0. The summed E-state index contributed by atoms with van der Waals surface area (Å²) in [6, 6.07) is 13.2. The number of benzene rings is 2. The molecule has 0 aliphatic heterocycles. The van der Waals surface area contributed by atoms with E-state index in [0.29, 0.717) is 22.3 Å². The molecule has 2 aromatic carbocycles. The second-order valence-electron chi connectivity index (χ2n) is 4.70. The molecular weight excluding hydrogens is 316 g/mol. The Kier molecular flexibility index (Phi) is 4.24. The fourth-order valence-electron chi connectivity index (χ4n) is 1.97. The zero-order valence-electron chi connectivity index (χ0n) is 11.8. The maximum absolute atomic E-state index is 10.6. The van der Waals surface area contributed by atoms with Crippen LogP contribution in [0.4, 0.5) is 5.69 Å². The molecule has 0 radical (unpaired) electrons. The summed E-state index contributed by atoms with van der Waals surface area (Å²) in [6.45, 7) is 0. The van der Waals surface area contributed by atoms with Gasteiger partial charge in [0.1, 0.15) is 5.75 Å². The molecule has 0 aliphatic carbocycles. The maximum atomic E-state index is 10.6. The standard InChI is InChI=1S/C15H12N4O3S/c20-13-4-2-1-3-12(13)14-16-15(18-17-14)23-9-10-5-7-11(8-6-10)19(21)22/h1-8,20H,9H2,(H,16,17,18). The van der Waals surface area contributed by atoms with E-state index in [0.717, 1.165) is 5.56 Å². The Labute approximate surface area is 135 Å². The van der Waals surface area contributed by atoms with E-state index in [-0.39, 0.29) is 11.4 Å². The number of hydrogen-bond donors (Lipinski definition) is 2. The van der Waals surface area contributed by atoms with Gasteiger partial charge in [0.25, 0.3) is 5.69 Å². The zero-order chi connectivity index (χ0) is 16.2. The number of thioether (sulfide) groups is 1. The lowest BCUT2D eigenvalue weighted by atomic mass is 10.2. The quantitative estimate of drug-likeness (QED) is 0.422. The van der Waals surface area contributed by atoms with E-state index in [2.05, 4.69) is 15.2 Å². The van der Waals surface area contributed by atoms with Crippen molar-refractivity contribution in [2.75, 3.05) is 0 Å². The normalized spacial score (nSPS) is 10.6. The van der Waals surface area contributed by atoms with E-state index in [9.17, 15) is 15.2 Å². The molecule has 1 heterocycles. The highest BCUT2D eigenvalue weighted by atomic mass is 32.2. The number of phenols is 1. The van der Waals surface area contributed by atoms with E-state index in [1.165, 1.54) is 23.9 Å². The summed E-state index contributed by atoms with van der Waals surface area (Å²) in [5, 5.41) is 27.9. The van der Waals surface area contributed by atoms with Crippen LogP contribution < -0.4 is 0 Å². The first kappa shape index (κ1) is 15.0. The molecule has 2 N–H and O–H groups in total. The molecule has 0 saturated heterocycles. The molecule has 0 unspecified atom stereocenters. The highest BCUT2D eigenvalue weighted by Gasteiger charge is 2.10. The van der Waals surface area contributed by atoms with Crippen molar-refractivity contribution >= 4 is 17.4 Å². The summed E-state index contributed by atoms with van der Waals surface area (Å²) in [5.41, 5.74) is 1.59. The van der Waals surface area contributed by atoms with Gasteiger partial charge in [0.2, 0.25) is 5.16 Å². The van der Waals surface area contributed by atoms with Crippen LogP contribution in [0, 0.1) is 10.1 Å². The number of nitrogens with zero attached hydrogens (tertiary/aromatic N) is 3. The molecule has 0 aliphatic rings. The number of H-pyrrole nitrogens is 1. The minimum Gasteiger partial charge on any atom is -0.507 e. The van der Waals surface area contributed by atoms with Gasteiger partial charge in [-0.3, -0.25) is 15.2 Å². The maximum Gasteiger partial charge on any atom is 0.269 e. The average Bonchev–Trinajstić information content (AvgIpc) is 3.02. The highest BCUT2D eigenvalue weighted by Crippen LogP contribution is 2.28. The zero-order valence-corrected chi connectivity index (χ0v) is 12.7. The van der Waals surface area contributed by atoms with Gasteiger partial charge in [-0.15, -0.1) is 5.10 Å². The number of phenolic OH excluding ortho intramolecular Hbond substituents is 1. The summed E-state index contributed by atoms with van der Waals surface area (Å²) >= 11 is 1.40. The molecular formula is C15H12N4O3S. The minimum absolute atomic E-state index is 0.0680. The number of aromatic amines is 1. The SMILES string of the molecule is O=[N+]([O-])c1ccc(CSc2n[nH]c(-c3ccccc3O)n2)cc1. The van der Waals surface area contributed by atoms with Crippen molar-refractivity contribution in [1.82, 2.24) is 15.2 Å². The van der Waals surface area contributed by atoms with Gasteiger partial charge in [0.05, 0.1) is 10.5 Å². The highest BCUT2D eigenvalue weighted by molar-refractivity contribution is 7.98. The van der Waals surface area contributed by atoms with Crippen molar-refractivity contribution in [2.24, 2.45) is 0 Å². The third kappa shape index (κ3) is 3.49. The number of aromatic hydroxyl groups is 1. The van der Waals surface area contributed by atoms with E-state index in [1.54, 1.807) is 36.4 Å². The second kappa shape index (κ2) is 6.49. The van der Waals surface area contributed by atoms with Crippen molar-refractivity contribution in [1.29, 1.82) is 0 Å². The lowest BCUT2D eigenvalue weighted by molar-refractivity contribution is -0.384. The molecule has 0 atom stereocenters. The third-order valence-electron chi connectivity index (χ3n) is 3.14. The summed E-state index contributed by atoms with van der Waals surface area (Å²) in [4.78, 5) is 14.5. The number of hydrogen-bond acceptors (Lipinski definition) is 6. The number of para-hydroxylation sites is 1. The Morgan fingerprint density at radius 3 is 2.61 bits per heavy atom. The number of aromatic nitrogens is 3. The molecule has 0 fully saturated rings. The van der Waals surface area contributed by atoms with E-state index < -0.39 is 4.92 Å². The molecule has 8 heteroatoms. The predicted molar refractivity (Wildman–Crippen MR) is 86.1 cm³/mol. The van der Waals surface area contributed by atoms with Gasteiger partial charge < -0.3 is 5.11 Å². The fourth-order valence-corrected chi connectivity index (χ4v) is 2.72. The van der Waals surface area contributed by atoms with Gasteiger partial charge in [-0.1, -0.05) is 36.0 Å². The molecule has 116 valence electrons. The molecule has 1 aromatic heterocycles. The number of non-ortho nitro benzene ring substituents is 1. The summed E-state index contributed by atoms with van der Waals surface area (Å²) < 4.78 is 0. The van der Waals surface area contributed by atoms with Crippen molar-refractivity contribution in [2.45, 2.75) is 10.9 Å². The van der Waals surface area contributed by atoms with Gasteiger partial charge in [-0.2, -0.15) is 0 Å². The molecule has 0 bridgehead atoms. The van der Waals surface area contributed by atoms with Crippen LogP contribution in [0.1, 0.15) is 5.56 Å². The van der Waals surface area contributed by atoms with Crippen LogP contribution in [-0.2, 0) is 5.75 Å². The lowest BCUT2D eigenvalue weighted by Crippen LogP contribution is -1.88. The molecule has 23 heavy (non-hydrogen) atoms. The average molecular weight is 328 g/mol. The largest absolute Gasteiger partial charge is 0.507 e. The summed E-state index contributed by atoms with van der Waals surface area (Å²) in [5.74, 6) is 1.22. The number of rotatable bonds is 5. The van der Waals surface area contributed by atoms with E-state index in [1.807, 2.05) is 0 Å². The Morgan fingerprint density at radius 2 is 1.91 bits per heavy atom. The van der Waals surface area contributed by atoms with Gasteiger partial charge >= 0.3 is 0 Å². The van der Waals surface area contributed by atoms with E-state index >= 15 is 0 Å². The van der Waals surface area contributed by atoms with Crippen molar-refractivity contribution in [3.8, 4) is 17.1 Å². The Bertz CT molecular complexity index is 833. The first-order chi connectivity index (χ1) is 11.1. The van der Waals surface area contributed by atoms with E-state index in [4.69, 9.17) is 0 Å². The second-order valence-corrected chi connectivity index (χ2v) is 5.64. The molecule has 0 saturated carbocycles. The van der Waals surface area contributed by atoms with Crippen molar-refractivity contribution < 1.29 is 10.0 Å². The van der Waals surface area contributed by atoms with Gasteiger partial charge in [0, 0.05) is 17.9 Å². The van der Waals surface area contributed by atoms with Gasteiger partial charge in [-0.25, -0.2) is 4.98 Å². The minimum atomic E-state index is -0.426. The summed E-state index contributed by atoms with van der Waals surface area (Å²) in [7, 11) is 0. The lowest BCUT2D eigenvalue weighted by Gasteiger charge is -1.99. The molecule has 3 aromatic rings. The monoisotopic (exact) mass is 328 g/mol. The van der Waals surface area contributed by atoms with Crippen LogP contribution in [0.15, 0.2) is 53.7 Å². The van der Waals surface area contributed by atoms with Crippen LogP contribution in [0.5, 0.6) is 5.75 Å². The van der Waals surface area contributed by atoms with Crippen LogP contribution in [-0.4, -0.2) is 25.2 Å². The van der Waals surface area contributed by atoms with Crippen LogP contribution in [0.2, 0.25) is 0 Å². The van der Waals surface area contributed by atoms with Crippen LogP contribution in [0.3, 0.4) is 0 Å². The fraction of sp³-hybridized carbons (Fsp3) is 0.0667. The van der Waals surface area contributed by atoms with Crippen molar-refractivity contribution in [3.63, 3.8) is 0 Å². The first-order valence-electron chi connectivity index (χ1n) is 6.70. The molecule has 0 amide bonds. The van der Waals surface area contributed by atoms with Gasteiger partial charge in [0.15, 0.2) is 5.82 Å². The number of nitro groups is 1. The smallest absolute Gasteiger partial charge is 0.269 e. The molecule has 0 spiro atoms. The Morgan fingerprint density at radius 1 is 1.17 bits per heavy atom. The van der Waals surface area contributed by atoms with Crippen LogP contribution >= 0.6 is 11.8 Å².